The van der Waals surface area contributed by atoms with Crippen LogP contribution in [0.2, 0.25) is 0 Å². The standard InChI is InChI=1S/C10H17N3O/c1-3-5-10(14)11-8-9-6-7-13(4-2)12-9/h6-7H,3-5,8H2,1-2H3,(H,11,14). The zero-order valence-electron chi connectivity index (χ0n) is 8.79. The highest BCUT2D eigenvalue weighted by Crippen LogP contribution is 1.95. The summed E-state index contributed by atoms with van der Waals surface area (Å²) < 4.78 is 1.85. The molecular weight excluding hydrogens is 178 g/mol. The van der Waals surface area contributed by atoms with E-state index in [1.807, 2.05) is 30.8 Å². The summed E-state index contributed by atoms with van der Waals surface area (Å²) in [7, 11) is 0. The van der Waals surface area contributed by atoms with E-state index < -0.39 is 0 Å². The molecule has 0 aromatic carbocycles. The third-order valence-electron chi connectivity index (χ3n) is 1.96. The highest BCUT2D eigenvalue weighted by molar-refractivity contribution is 5.75. The average Bonchev–Trinajstić information content (AvgIpc) is 2.63. The molecule has 14 heavy (non-hydrogen) atoms. The third-order valence-corrected chi connectivity index (χ3v) is 1.96. The highest BCUT2D eigenvalue weighted by Gasteiger charge is 2.01. The largest absolute Gasteiger partial charge is 0.350 e. The van der Waals surface area contributed by atoms with Gasteiger partial charge in [0.1, 0.15) is 0 Å². The number of aromatic nitrogens is 2. The molecular formula is C10H17N3O. The maximum absolute atomic E-state index is 11.1. The summed E-state index contributed by atoms with van der Waals surface area (Å²) >= 11 is 0. The first-order valence-electron chi connectivity index (χ1n) is 5.05. The van der Waals surface area contributed by atoms with E-state index in [0.717, 1.165) is 18.7 Å². The lowest BCUT2D eigenvalue weighted by atomic mass is 10.3. The van der Waals surface area contributed by atoms with E-state index in [0.29, 0.717) is 13.0 Å². The molecule has 1 amide bonds. The summed E-state index contributed by atoms with van der Waals surface area (Å²) in [6, 6.07) is 1.93. The molecule has 0 atom stereocenters. The third kappa shape index (κ3) is 3.20. The minimum atomic E-state index is 0.0959. The van der Waals surface area contributed by atoms with E-state index in [-0.39, 0.29) is 5.91 Å². The van der Waals surface area contributed by atoms with E-state index in [1.54, 1.807) is 0 Å². The van der Waals surface area contributed by atoms with Crippen LogP contribution in [-0.2, 0) is 17.9 Å². The fraction of sp³-hybridized carbons (Fsp3) is 0.600. The van der Waals surface area contributed by atoms with Gasteiger partial charge in [0, 0.05) is 19.2 Å². The molecule has 1 aromatic rings. The normalized spacial score (nSPS) is 10.1. The summed E-state index contributed by atoms with van der Waals surface area (Å²) in [5, 5.41) is 7.09. The zero-order valence-corrected chi connectivity index (χ0v) is 8.79. The maximum atomic E-state index is 11.1. The average molecular weight is 195 g/mol. The van der Waals surface area contributed by atoms with E-state index in [9.17, 15) is 4.79 Å². The number of hydrogen-bond acceptors (Lipinski definition) is 2. The van der Waals surface area contributed by atoms with Crippen molar-refractivity contribution in [3.63, 3.8) is 0 Å². The quantitative estimate of drug-likeness (QED) is 0.770. The number of aryl methyl sites for hydroxylation is 1. The van der Waals surface area contributed by atoms with Gasteiger partial charge in [-0.25, -0.2) is 0 Å². The van der Waals surface area contributed by atoms with Crippen molar-refractivity contribution < 1.29 is 4.79 Å². The van der Waals surface area contributed by atoms with Crippen molar-refractivity contribution >= 4 is 5.91 Å². The van der Waals surface area contributed by atoms with Crippen LogP contribution in [0.1, 0.15) is 32.4 Å². The molecule has 0 radical (unpaired) electrons. The minimum Gasteiger partial charge on any atom is -0.350 e. The molecule has 0 aliphatic rings. The number of hydrogen-bond donors (Lipinski definition) is 1. The molecule has 1 rings (SSSR count). The molecule has 1 heterocycles. The number of carbonyl (C=O) groups is 1. The van der Waals surface area contributed by atoms with E-state index in [1.165, 1.54) is 0 Å². The number of nitrogens with zero attached hydrogens (tertiary/aromatic N) is 2. The van der Waals surface area contributed by atoms with Crippen molar-refractivity contribution in [1.82, 2.24) is 15.1 Å². The van der Waals surface area contributed by atoms with Crippen LogP contribution in [0.15, 0.2) is 12.3 Å². The fourth-order valence-corrected chi connectivity index (χ4v) is 1.18. The Balaban J connectivity index is 2.34. The Hall–Kier alpha value is -1.32. The van der Waals surface area contributed by atoms with Gasteiger partial charge < -0.3 is 5.32 Å². The topological polar surface area (TPSA) is 46.9 Å². The van der Waals surface area contributed by atoms with Crippen LogP contribution in [0.4, 0.5) is 0 Å². The van der Waals surface area contributed by atoms with Gasteiger partial charge in [-0.1, -0.05) is 6.92 Å². The second kappa shape index (κ2) is 5.42. The van der Waals surface area contributed by atoms with E-state index >= 15 is 0 Å². The van der Waals surface area contributed by atoms with E-state index in [2.05, 4.69) is 10.4 Å². The van der Waals surface area contributed by atoms with Gasteiger partial charge >= 0.3 is 0 Å². The molecule has 0 aliphatic heterocycles. The van der Waals surface area contributed by atoms with Crippen LogP contribution >= 0.6 is 0 Å². The molecule has 0 aliphatic carbocycles. The van der Waals surface area contributed by atoms with Crippen LogP contribution in [0.3, 0.4) is 0 Å². The van der Waals surface area contributed by atoms with Crippen LogP contribution < -0.4 is 5.32 Å². The van der Waals surface area contributed by atoms with Gasteiger partial charge in [-0.3, -0.25) is 9.48 Å². The highest BCUT2D eigenvalue weighted by atomic mass is 16.1. The SMILES string of the molecule is CCCC(=O)NCc1ccn(CC)n1. The van der Waals surface area contributed by atoms with Crippen molar-refractivity contribution in [2.75, 3.05) is 0 Å². The summed E-state index contributed by atoms with van der Waals surface area (Å²) in [5.41, 5.74) is 0.913. The minimum absolute atomic E-state index is 0.0959. The molecule has 1 aromatic heterocycles. The predicted molar refractivity (Wildman–Crippen MR) is 54.7 cm³/mol. The second-order valence-corrected chi connectivity index (χ2v) is 3.19. The van der Waals surface area contributed by atoms with Crippen LogP contribution in [0, 0.1) is 0 Å². The van der Waals surface area contributed by atoms with Gasteiger partial charge in [0.15, 0.2) is 0 Å². The Bertz CT molecular complexity index is 293. The molecule has 0 saturated carbocycles. The Morgan fingerprint density at radius 3 is 2.93 bits per heavy atom. The first-order chi connectivity index (χ1) is 6.76. The molecule has 78 valence electrons. The van der Waals surface area contributed by atoms with Gasteiger partial charge in [-0.2, -0.15) is 5.10 Å². The lowest BCUT2D eigenvalue weighted by molar-refractivity contribution is -0.121. The molecule has 0 unspecified atom stereocenters. The Labute approximate surface area is 84.3 Å². The van der Waals surface area contributed by atoms with Gasteiger partial charge in [-0.15, -0.1) is 0 Å². The number of rotatable bonds is 5. The van der Waals surface area contributed by atoms with Crippen LogP contribution in [0.25, 0.3) is 0 Å². The smallest absolute Gasteiger partial charge is 0.220 e. The Morgan fingerprint density at radius 2 is 2.36 bits per heavy atom. The number of carbonyl (C=O) groups excluding carboxylic acids is 1. The van der Waals surface area contributed by atoms with E-state index in [4.69, 9.17) is 0 Å². The monoisotopic (exact) mass is 195 g/mol. The van der Waals surface area contributed by atoms with Crippen molar-refractivity contribution in [2.24, 2.45) is 0 Å². The Morgan fingerprint density at radius 1 is 1.57 bits per heavy atom. The molecule has 0 spiro atoms. The van der Waals surface area contributed by atoms with Crippen molar-refractivity contribution in [3.8, 4) is 0 Å². The molecule has 4 heteroatoms. The van der Waals surface area contributed by atoms with Crippen LogP contribution in [0.5, 0.6) is 0 Å². The second-order valence-electron chi connectivity index (χ2n) is 3.19. The number of nitrogens with one attached hydrogen (secondary N) is 1. The first-order valence-corrected chi connectivity index (χ1v) is 5.05. The van der Waals surface area contributed by atoms with Gasteiger partial charge in [-0.05, 0) is 19.4 Å². The summed E-state index contributed by atoms with van der Waals surface area (Å²) in [4.78, 5) is 11.1. The molecule has 0 bridgehead atoms. The first kappa shape index (κ1) is 10.8. The summed E-state index contributed by atoms with van der Waals surface area (Å²) in [5.74, 6) is 0.0959. The lowest BCUT2D eigenvalue weighted by Gasteiger charge is -2.00. The maximum Gasteiger partial charge on any atom is 0.220 e. The summed E-state index contributed by atoms with van der Waals surface area (Å²) in [6.45, 7) is 5.42. The van der Waals surface area contributed by atoms with Crippen molar-refractivity contribution in [2.45, 2.75) is 39.8 Å². The predicted octanol–water partition coefficient (Wildman–Crippen LogP) is 1.32. The molecule has 0 fully saturated rings. The molecule has 0 saturated heterocycles. The van der Waals surface area contributed by atoms with Gasteiger partial charge in [0.2, 0.25) is 5.91 Å². The van der Waals surface area contributed by atoms with Crippen molar-refractivity contribution in [1.29, 1.82) is 0 Å². The fourth-order valence-electron chi connectivity index (χ4n) is 1.18. The van der Waals surface area contributed by atoms with Gasteiger partial charge in [0.25, 0.3) is 0 Å². The van der Waals surface area contributed by atoms with Gasteiger partial charge in [0.05, 0.1) is 12.2 Å². The van der Waals surface area contributed by atoms with Crippen LogP contribution in [-0.4, -0.2) is 15.7 Å². The lowest BCUT2D eigenvalue weighted by Crippen LogP contribution is -2.22. The zero-order chi connectivity index (χ0) is 10.4. The van der Waals surface area contributed by atoms with Crippen molar-refractivity contribution in [3.05, 3.63) is 18.0 Å². The number of amides is 1. The molecule has 1 N–H and O–H groups in total. The molecule has 4 nitrogen and oxygen atoms in total. The summed E-state index contributed by atoms with van der Waals surface area (Å²) in [6.07, 6.45) is 3.39. The Kier molecular flexibility index (Phi) is 4.16.